The molecule has 1 fully saturated rings. The SMILES string of the molecule is CCNC(=NCCCc1ccc(OC)c(OCC)c1)NCCCC(=O)NC1CC1. The third-order valence-electron chi connectivity index (χ3n) is 4.58. The van der Waals surface area contributed by atoms with Gasteiger partial charge in [0.05, 0.1) is 13.7 Å². The van der Waals surface area contributed by atoms with Crippen LogP contribution in [-0.2, 0) is 11.2 Å². The lowest BCUT2D eigenvalue weighted by atomic mass is 10.1. The Labute approximate surface area is 174 Å². The van der Waals surface area contributed by atoms with E-state index in [1.807, 2.05) is 26.0 Å². The number of hydrogen-bond donors (Lipinski definition) is 3. The van der Waals surface area contributed by atoms with Crippen LogP contribution >= 0.6 is 0 Å². The van der Waals surface area contributed by atoms with Crippen molar-refractivity contribution in [2.45, 2.75) is 58.4 Å². The molecule has 0 aliphatic heterocycles. The van der Waals surface area contributed by atoms with Crippen molar-refractivity contribution >= 4 is 11.9 Å². The number of carbonyl (C=O) groups is 1. The van der Waals surface area contributed by atoms with Crippen molar-refractivity contribution in [3.05, 3.63) is 23.8 Å². The minimum atomic E-state index is 0.155. The van der Waals surface area contributed by atoms with Gasteiger partial charge in [-0.15, -0.1) is 0 Å². The summed E-state index contributed by atoms with van der Waals surface area (Å²) in [7, 11) is 1.65. The zero-order chi connectivity index (χ0) is 20.9. The predicted octanol–water partition coefficient (Wildman–Crippen LogP) is 2.64. The summed E-state index contributed by atoms with van der Waals surface area (Å²) >= 11 is 0. The number of nitrogens with zero attached hydrogens (tertiary/aromatic N) is 1. The van der Waals surface area contributed by atoms with Gasteiger partial charge < -0.3 is 25.4 Å². The van der Waals surface area contributed by atoms with E-state index in [1.54, 1.807) is 7.11 Å². The Bertz CT molecular complexity index is 659. The second-order valence-electron chi connectivity index (χ2n) is 7.15. The first-order valence-corrected chi connectivity index (χ1v) is 10.8. The third-order valence-corrected chi connectivity index (χ3v) is 4.58. The molecular weight excluding hydrogens is 368 g/mol. The molecule has 1 saturated carbocycles. The molecule has 0 radical (unpaired) electrons. The van der Waals surface area contributed by atoms with Gasteiger partial charge in [-0.2, -0.15) is 0 Å². The van der Waals surface area contributed by atoms with E-state index in [0.29, 0.717) is 19.1 Å². The molecule has 1 aliphatic rings. The van der Waals surface area contributed by atoms with Gasteiger partial charge >= 0.3 is 0 Å². The number of amides is 1. The molecule has 0 bridgehead atoms. The predicted molar refractivity (Wildman–Crippen MR) is 117 cm³/mol. The topological polar surface area (TPSA) is 84.0 Å². The Hall–Kier alpha value is -2.44. The van der Waals surface area contributed by atoms with E-state index in [-0.39, 0.29) is 5.91 Å². The minimum absolute atomic E-state index is 0.155. The lowest BCUT2D eigenvalue weighted by molar-refractivity contribution is -0.121. The molecule has 7 heteroatoms. The summed E-state index contributed by atoms with van der Waals surface area (Å²) in [5, 5.41) is 9.58. The maximum atomic E-state index is 11.7. The highest BCUT2D eigenvalue weighted by atomic mass is 16.5. The van der Waals surface area contributed by atoms with Gasteiger partial charge in [-0.1, -0.05) is 6.07 Å². The van der Waals surface area contributed by atoms with E-state index >= 15 is 0 Å². The monoisotopic (exact) mass is 404 g/mol. The molecule has 0 heterocycles. The highest BCUT2D eigenvalue weighted by Crippen LogP contribution is 2.28. The summed E-state index contributed by atoms with van der Waals surface area (Å²) in [5.41, 5.74) is 1.21. The number of guanidine groups is 1. The molecule has 1 aliphatic carbocycles. The number of aryl methyl sites for hydroxylation is 1. The molecule has 0 spiro atoms. The number of rotatable bonds is 13. The van der Waals surface area contributed by atoms with Gasteiger partial charge in [0.1, 0.15) is 0 Å². The standard InChI is InChI=1S/C22H36N4O3/c1-4-23-22(25-15-7-9-21(27)26-18-11-12-18)24-14-6-8-17-10-13-19(28-3)20(16-17)29-5-2/h10,13,16,18H,4-9,11-12,14-15H2,1-3H3,(H,26,27)(H2,23,24,25). The fourth-order valence-corrected chi connectivity index (χ4v) is 2.94. The van der Waals surface area contributed by atoms with Crippen LogP contribution in [0.25, 0.3) is 0 Å². The zero-order valence-electron chi connectivity index (χ0n) is 18.1. The highest BCUT2D eigenvalue weighted by molar-refractivity contribution is 5.80. The minimum Gasteiger partial charge on any atom is -0.493 e. The van der Waals surface area contributed by atoms with Gasteiger partial charge in [0.2, 0.25) is 5.91 Å². The van der Waals surface area contributed by atoms with Crippen LogP contribution in [0.3, 0.4) is 0 Å². The molecule has 1 aromatic carbocycles. The molecule has 0 saturated heterocycles. The summed E-state index contributed by atoms with van der Waals surface area (Å²) in [4.78, 5) is 16.3. The molecule has 1 aromatic rings. The van der Waals surface area contributed by atoms with E-state index in [0.717, 1.165) is 69.2 Å². The molecule has 2 rings (SSSR count). The van der Waals surface area contributed by atoms with Crippen LogP contribution in [0.5, 0.6) is 11.5 Å². The van der Waals surface area contributed by atoms with Crippen LogP contribution in [0.1, 0.15) is 51.5 Å². The maximum Gasteiger partial charge on any atom is 0.220 e. The maximum absolute atomic E-state index is 11.7. The number of carbonyl (C=O) groups excluding carboxylic acids is 1. The van der Waals surface area contributed by atoms with Crippen LogP contribution in [0, 0.1) is 0 Å². The lowest BCUT2D eigenvalue weighted by Gasteiger charge is -2.12. The molecule has 0 unspecified atom stereocenters. The average Bonchev–Trinajstić information content (AvgIpc) is 3.52. The number of aliphatic imine (C=N–C) groups is 1. The summed E-state index contributed by atoms with van der Waals surface area (Å²) in [6, 6.07) is 6.50. The van der Waals surface area contributed by atoms with Crippen LogP contribution in [-0.4, -0.2) is 51.3 Å². The third kappa shape index (κ3) is 9.07. The Morgan fingerprint density at radius 3 is 2.69 bits per heavy atom. The first-order valence-electron chi connectivity index (χ1n) is 10.8. The first kappa shape index (κ1) is 22.8. The normalized spacial score (nSPS) is 13.7. The Morgan fingerprint density at radius 1 is 1.17 bits per heavy atom. The van der Waals surface area contributed by atoms with Crippen molar-refractivity contribution in [1.29, 1.82) is 0 Å². The second-order valence-corrected chi connectivity index (χ2v) is 7.15. The van der Waals surface area contributed by atoms with Gasteiger partial charge in [0.25, 0.3) is 0 Å². The Balaban J connectivity index is 1.70. The van der Waals surface area contributed by atoms with Crippen LogP contribution in [0.2, 0.25) is 0 Å². The Kier molecular flexibility index (Phi) is 10.2. The average molecular weight is 405 g/mol. The van der Waals surface area contributed by atoms with Crippen molar-refractivity contribution in [2.75, 3.05) is 33.4 Å². The number of ether oxygens (including phenoxy) is 2. The van der Waals surface area contributed by atoms with E-state index in [2.05, 4.69) is 27.0 Å². The van der Waals surface area contributed by atoms with Gasteiger partial charge in [-0.3, -0.25) is 9.79 Å². The molecule has 1 amide bonds. The molecule has 3 N–H and O–H groups in total. The van der Waals surface area contributed by atoms with Crippen LogP contribution in [0.15, 0.2) is 23.2 Å². The molecule has 7 nitrogen and oxygen atoms in total. The van der Waals surface area contributed by atoms with E-state index in [4.69, 9.17) is 9.47 Å². The number of hydrogen-bond acceptors (Lipinski definition) is 4. The van der Waals surface area contributed by atoms with Gasteiger partial charge in [0.15, 0.2) is 17.5 Å². The van der Waals surface area contributed by atoms with Gasteiger partial charge in [0, 0.05) is 32.1 Å². The molecule has 0 aromatic heterocycles. The number of benzene rings is 1. The highest BCUT2D eigenvalue weighted by Gasteiger charge is 2.22. The van der Waals surface area contributed by atoms with E-state index < -0.39 is 0 Å². The van der Waals surface area contributed by atoms with Crippen molar-refractivity contribution in [3.63, 3.8) is 0 Å². The largest absolute Gasteiger partial charge is 0.493 e. The smallest absolute Gasteiger partial charge is 0.220 e. The van der Waals surface area contributed by atoms with Crippen molar-refractivity contribution in [3.8, 4) is 11.5 Å². The second kappa shape index (κ2) is 12.9. The summed E-state index contributed by atoms with van der Waals surface area (Å²) < 4.78 is 11.0. The Morgan fingerprint density at radius 2 is 2.00 bits per heavy atom. The van der Waals surface area contributed by atoms with Crippen molar-refractivity contribution in [1.82, 2.24) is 16.0 Å². The van der Waals surface area contributed by atoms with Gasteiger partial charge in [-0.25, -0.2) is 0 Å². The lowest BCUT2D eigenvalue weighted by Crippen LogP contribution is -2.38. The van der Waals surface area contributed by atoms with E-state index in [9.17, 15) is 4.79 Å². The number of methoxy groups -OCH3 is 1. The number of nitrogens with one attached hydrogen (secondary N) is 3. The van der Waals surface area contributed by atoms with Gasteiger partial charge in [-0.05, 0) is 63.6 Å². The fourth-order valence-electron chi connectivity index (χ4n) is 2.94. The quantitative estimate of drug-likeness (QED) is 0.267. The van der Waals surface area contributed by atoms with Crippen molar-refractivity contribution in [2.24, 2.45) is 4.99 Å². The molecule has 0 atom stereocenters. The van der Waals surface area contributed by atoms with Crippen LogP contribution < -0.4 is 25.4 Å². The van der Waals surface area contributed by atoms with E-state index in [1.165, 1.54) is 5.56 Å². The first-order chi connectivity index (χ1) is 14.2. The summed E-state index contributed by atoms with van der Waals surface area (Å²) in [6.45, 7) is 6.91. The summed E-state index contributed by atoms with van der Waals surface area (Å²) in [6.07, 6.45) is 5.49. The summed E-state index contributed by atoms with van der Waals surface area (Å²) in [5.74, 6) is 2.51. The van der Waals surface area contributed by atoms with Crippen LogP contribution in [0.4, 0.5) is 0 Å². The zero-order valence-corrected chi connectivity index (χ0v) is 18.1. The fraction of sp³-hybridized carbons (Fsp3) is 0.636. The van der Waals surface area contributed by atoms with Crippen molar-refractivity contribution < 1.29 is 14.3 Å². The molecule has 29 heavy (non-hydrogen) atoms. The molecule has 162 valence electrons. The molecular formula is C22H36N4O3.